The van der Waals surface area contributed by atoms with E-state index in [0.717, 1.165) is 38.5 Å². The zero-order valence-electron chi connectivity index (χ0n) is 15.6. The maximum atomic E-state index is 9.92. The monoisotopic (exact) mass is 484 g/mol. The fourth-order valence-corrected chi connectivity index (χ4v) is 1.75. The molecule has 0 aliphatic carbocycles. The van der Waals surface area contributed by atoms with Crippen LogP contribution in [0.5, 0.6) is 0 Å². The molecule has 0 rings (SSSR count). The first kappa shape index (κ1) is 32.5. The second-order valence-electron chi connectivity index (χ2n) is 5.32. The maximum absolute atomic E-state index is 9.92. The molecule has 8 heteroatoms. The van der Waals surface area contributed by atoms with Crippen LogP contribution >= 0.6 is 0 Å². The summed E-state index contributed by atoms with van der Waals surface area (Å²) in [6.45, 7) is 4.28. The molecule has 25 heavy (non-hydrogen) atoms. The van der Waals surface area contributed by atoms with Crippen LogP contribution in [0, 0.1) is 0 Å². The maximum Gasteiger partial charge on any atom is 2.00 e. The zero-order valence-corrected chi connectivity index (χ0v) is 20.0. The average molecular weight is 484 g/mol. The van der Waals surface area contributed by atoms with E-state index in [2.05, 4.69) is 13.8 Å². The van der Waals surface area contributed by atoms with E-state index in [1.54, 1.807) is 0 Å². The van der Waals surface area contributed by atoms with Crippen molar-refractivity contribution >= 4 is 67.0 Å². The molecule has 0 bridgehead atoms. The van der Waals surface area contributed by atoms with Crippen LogP contribution in [0.25, 0.3) is 0 Å². The molecule has 0 aromatic carbocycles. The van der Waals surface area contributed by atoms with E-state index in [9.17, 15) is 19.8 Å². The standard InChI is InChI=1S/2C8H16O2.CH2O3.Ba/c2*1-2-3-4-5-6-7-8(9)10;2-1(3)4;/h2*2-7H2,1H3,(H,9,10);(H2,2,3,4);/q;;;+2/p-4. The van der Waals surface area contributed by atoms with Crippen LogP contribution in [-0.4, -0.2) is 67.0 Å². The average Bonchev–Trinajstić information content (AvgIpc) is 2.46. The van der Waals surface area contributed by atoms with E-state index in [-0.39, 0.29) is 61.7 Å². The third-order valence-electron chi connectivity index (χ3n) is 2.97. The predicted octanol–water partition coefficient (Wildman–Crippen LogP) is -0.634. The summed E-state index contributed by atoms with van der Waals surface area (Å²) in [6.07, 6.45) is 8.88. The number of carbonyl (C=O) groups is 3. The Morgan fingerprint density at radius 3 is 1.00 bits per heavy atom. The molecular formula is C17H30BaO7-2. The number of hydrogen-bond acceptors (Lipinski definition) is 7. The molecule has 0 amide bonds. The molecule has 0 aromatic rings. The Morgan fingerprint density at radius 2 is 0.800 bits per heavy atom. The van der Waals surface area contributed by atoms with Crippen LogP contribution in [-0.2, 0) is 9.59 Å². The van der Waals surface area contributed by atoms with Gasteiger partial charge in [0.1, 0.15) is 0 Å². The van der Waals surface area contributed by atoms with E-state index in [0.29, 0.717) is 0 Å². The fourth-order valence-electron chi connectivity index (χ4n) is 1.75. The van der Waals surface area contributed by atoms with Gasteiger partial charge in [-0.3, -0.25) is 0 Å². The van der Waals surface area contributed by atoms with Gasteiger partial charge in [0.2, 0.25) is 0 Å². The SMILES string of the molecule is CCCCCCCC(=O)[O-].CCCCCCCC(=O)[O-].O=C([O-])[O-].[Ba+2]. The Balaban J connectivity index is -0.000000141. The summed E-state index contributed by atoms with van der Waals surface area (Å²) in [5.41, 5.74) is 0. The number of unbranched alkanes of at least 4 members (excludes halogenated alkanes) is 8. The van der Waals surface area contributed by atoms with Crippen LogP contribution in [0.2, 0.25) is 0 Å². The van der Waals surface area contributed by atoms with Gasteiger partial charge in [-0.05, 0) is 31.8 Å². The summed E-state index contributed by atoms with van der Waals surface area (Å²) in [6, 6.07) is 0. The van der Waals surface area contributed by atoms with Crippen LogP contribution < -0.4 is 20.4 Å². The fraction of sp³-hybridized carbons (Fsp3) is 0.824. The third kappa shape index (κ3) is 59.4. The van der Waals surface area contributed by atoms with Gasteiger partial charge in [-0.2, -0.15) is 0 Å². The number of carboxylic acid groups (broad SMARTS) is 4. The quantitative estimate of drug-likeness (QED) is 0.265. The van der Waals surface area contributed by atoms with Crippen molar-refractivity contribution in [2.75, 3.05) is 0 Å². The Hall–Kier alpha value is -0.219. The van der Waals surface area contributed by atoms with Gasteiger partial charge in [0, 0.05) is 11.9 Å². The number of rotatable bonds is 12. The number of carboxylic acids is 2. The van der Waals surface area contributed by atoms with Gasteiger partial charge in [0.05, 0.1) is 0 Å². The molecule has 0 radical (unpaired) electrons. The van der Waals surface area contributed by atoms with Crippen LogP contribution in [0.15, 0.2) is 0 Å². The Labute approximate surface area is 191 Å². The molecule has 0 spiro atoms. The molecule has 0 atom stereocenters. The summed E-state index contributed by atoms with van der Waals surface area (Å²) in [4.78, 5) is 28.2. The second kappa shape index (κ2) is 28.6. The van der Waals surface area contributed by atoms with Crippen molar-refractivity contribution in [3.63, 3.8) is 0 Å². The van der Waals surface area contributed by atoms with E-state index >= 15 is 0 Å². The molecule has 0 unspecified atom stereocenters. The first-order chi connectivity index (χ1) is 11.3. The van der Waals surface area contributed by atoms with Crippen LogP contribution in [0.3, 0.4) is 0 Å². The Kier molecular flexibility index (Phi) is 37.1. The van der Waals surface area contributed by atoms with Crippen LogP contribution in [0.4, 0.5) is 4.79 Å². The summed E-state index contributed by atoms with van der Waals surface area (Å²) < 4.78 is 0. The molecule has 0 saturated heterocycles. The first-order valence-corrected chi connectivity index (χ1v) is 8.55. The van der Waals surface area contributed by atoms with Gasteiger partial charge < -0.3 is 34.8 Å². The molecule has 7 nitrogen and oxygen atoms in total. The largest absolute Gasteiger partial charge is 2.00 e. The van der Waals surface area contributed by atoms with Gasteiger partial charge in [0.15, 0.2) is 0 Å². The Morgan fingerprint density at radius 1 is 0.560 bits per heavy atom. The molecule has 0 fully saturated rings. The number of aliphatic carboxylic acids is 2. The second-order valence-corrected chi connectivity index (χ2v) is 5.32. The molecule has 0 N–H and O–H groups in total. The predicted molar refractivity (Wildman–Crippen MR) is 87.9 cm³/mol. The van der Waals surface area contributed by atoms with E-state index < -0.39 is 18.1 Å². The molecule has 0 aliphatic rings. The minimum absolute atomic E-state index is 0. The zero-order chi connectivity index (χ0) is 19.2. The van der Waals surface area contributed by atoms with Gasteiger partial charge in [-0.25, -0.2) is 0 Å². The summed E-state index contributed by atoms with van der Waals surface area (Å²) in [5, 5.41) is 36.5. The smallest absolute Gasteiger partial charge is 0.652 e. The minimum Gasteiger partial charge on any atom is -0.652 e. The molecular weight excluding hydrogens is 454 g/mol. The molecule has 144 valence electrons. The van der Waals surface area contributed by atoms with Crippen LogP contribution in [0.1, 0.15) is 90.9 Å². The molecule has 0 aliphatic heterocycles. The third-order valence-corrected chi connectivity index (χ3v) is 2.97. The van der Waals surface area contributed by atoms with Gasteiger partial charge in [-0.15, -0.1) is 0 Å². The number of carbonyl (C=O) groups excluding carboxylic acids is 3. The first-order valence-electron chi connectivity index (χ1n) is 8.55. The van der Waals surface area contributed by atoms with Crippen molar-refractivity contribution in [1.29, 1.82) is 0 Å². The number of hydrogen-bond donors (Lipinski definition) is 0. The minimum atomic E-state index is -2.33. The van der Waals surface area contributed by atoms with E-state index in [1.807, 2.05) is 0 Å². The Bertz CT molecular complexity index is 281. The molecule has 0 aromatic heterocycles. The van der Waals surface area contributed by atoms with Gasteiger partial charge >= 0.3 is 48.9 Å². The van der Waals surface area contributed by atoms with Gasteiger partial charge in [-0.1, -0.05) is 65.2 Å². The summed E-state index contributed by atoms with van der Waals surface area (Å²) in [7, 11) is 0. The normalized spacial score (nSPS) is 8.72. The van der Waals surface area contributed by atoms with E-state index in [1.165, 1.54) is 25.7 Å². The van der Waals surface area contributed by atoms with Crippen molar-refractivity contribution in [3.8, 4) is 0 Å². The molecule has 0 saturated carbocycles. The van der Waals surface area contributed by atoms with Crippen molar-refractivity contribution in [1.82, 2.24) is 0 Å². The van der Waals surface area contributed by atoms with Crippen molar-refractivity contribution in [2.45, 2.75) is 90.9 Å². The topological polar surface area (TPSA) is 143 Å². The van der Waals surface area contributed by atoms with Crippen molar-refractivity contribution in [2.24, 2.45) is 0 Å². The summed E-state index contributed by atoms with van der Waals surface area (Å²) in [5.74, 6) is -1.84. The van der Waals surface area contributed by atoms with Crippen molar-refractivity contribution in [3.05, 3.63) is 0 Å². The van der Waals surface area contributed by atoms with Gasteiger partial charge in [0.25, 0.3) is 0 Å². The van der Waals surface area contributed by atoms with Crippen molar-refractivity contribution < 1.29 is 34.8 Å². The molecule has 0 heterocycles. The summed E-state index contributed by atoms with van der Waals surface area (Å²) >= 11 is 0. The van der Waals surface area contributed by atoms with E-state index in [4.69, 9.17) is 15.0 Å².